The number of amides is 1. The first-order chi connectivity index (χ1) is 9.82. The summed E-state index contributed by atoms with van der Waals surface area (Å²) in [6.07, 6.45) is 0. The van der Waals surface area contributed by atoms with Gasteiger partial charge in [0.15, 0.2) is 0 Å². The van der Waals surface area contributed by atoms with E-state index in [9.17, 15) is 14.7 Å². The Morgan fingerprint density at radius 1 is 1.24 bits per heavy atom. The van der Waals surface area contributed by atoms with Gasteiger partial charge in [0.25, 0.3) is 5.91 Å². The van der Waals surface area contributed by atoms with Gasteiger partial charge in [0, 0.05) is 12.6 Å². The largest absolute Gasteiger partial charge is 0.478 e. The minimum absolute atomic E-state index is 0.0839. The van der Waals surface area contributed by atoms with E-state index >= 15 is 0 Å². The Labute approximate surface area is 127 Å². The molecule has 2 rings (SSSR count). The summed E-state index contributed by atoms with van der Waals surface area (Å²) in [4.78, 5) is 25.2. The lowest BCUT2D eigenvalue weighted by atomic mass is 10.0. The van der Waals surface area contributed by atoms with E-state index in [0.717, 1.165) is 22.7 Å². The molecule has 1 aromatic heterocycles. The molecule has 21 heavy (non-hydrogen) atoms. The van der Waals surface area contributed by atoms with E-state index in [0.29, 0.717) is 16.3 Å². The molecule has 0 atom stereocenters. The lowest BCUT2D eigenvalue weighted by molar-refractivity contribution is 0.0697. The molecule has 1 aromatic carbocycles. The van der Waals surface area contributed by atoms with Crippen molar-refractivity contribution in [1.82, 2.24) is 4.37 Å². The second kappa shape index (κ2) is 5.65. The van der Waals surface area contributed by atoms with Gasteiger partial charge in [0.1, 0.15) is 10.6 Å². The van der Waals surface area contributed by atoms with Crippen LogP contribution in [0.4, 0.5) is 5.00 Å². The Morgan fingerprint density at radius 2 is 1.90 bits per heavy atom. The molecule has 1 amide bonds. The summed E-state index contributed by atoms with van der Waals surface area (Å²) < 4.78 is 4.04. The smallest absolute Gasteiger partial charge is 0.340 e. The molecule has 0 radical (unpaired) electrons. The molecule has 0 bridgehead atoms. The summed E-state index contributed by atoms with van der Waals surface area (Å²) >= 11 is 1.02. The first kappa shape index (κ1) is 15.2. The lowest BCUT2D eigenvalue weighted by Crippen LogP contribution is -2.27. The predicted molar refractivity (Wildman–Crippen MR) is 82.5 cm³/mol. The SMILES string of the molecule is Cc1ccc(C(=O)N(C)c2snc(C)c2C(=O)O)c(C)c1. The van der Waals surface area contributed by atoms with Crippen LogP contribution in [0.15, 0.2) is 18.2 Å². The van der Waals surface area contributed by atoms with Crippen LogP contribution >= 0.6 is 11.5 Å². The molecule has 0 unspecified atom stereocenters. The van der Waals surface area contributed by atoms with Gasteiger partial charge < -0.3 is 10.0 Å². The quantitative estimate of drug-likeness (QED) is 0.946. The molecule has 5 nitrogen and oxygen atoms in total. The molecule has 110 valence electrons. The van der Waals surface area contributed by atoms with E-state index in [1.807, 2.05) is 26.0 Å². The van der Waals surface area contributed by atoms with Crippen LogP contribution in [0, 0.1) is 20.8 Å². The maximum Gasteiger partial charge on any atom is 0.340 e. The maximum absolute atomic E-state index is 12.6. The van der Waals surface area contributed by atoms with Crippen LogP contribution < -0.4 is 4.90 Å². The molecule has 0 fully saturated rings. The van der Waals surface area contributed by atoms with Crippen molar-refractivity contribution in [3.05, 3.63) is 46.1 Å². The van der Waals surface area contributed by atoms with E-state index in [1.165, 1.54) is 4.90 Å². The van der Waals surface area contributed by atoms with Gasteiger partial charge in [-0.15, -0.1) is 0 Å². The van der Waals surface area contributed by atoms with Crippen molar-refractivity contribution in [2.45, 2.75) is 20.8 Å². The second-order valence-electron chi connectivity index (χ2n) is 4.94. The number of nitrogens with zero attached hydrogens (tertiary/aromatic N) is 2. The number of aromatic nitrogens is 1. The van der Waals surface area contributed by atoms with Gasteiger partial charge in [-0.25, -0.2) is 4.79 Å². The monoisotopic (exact) mass is 304 g/mol. The number of carbonyl (C=O) groups is 2. The highest BCUT2D eigenvalue weighted by atomic mass is 32.1. The number of anilines is 1. The van der Waals surface area contributed by atoms with Crippen molar-refractivity contribution in [3.8, 4) is 0 Å². The van der Waals surface area contributed by atoms with Crippen molar-refractivity contribution < 1.29 is 14.7 Å². The number of aromatic carboxylic acids is 1. The number of hydrogen-bond donors (Lipinski definition) is 1. The van der Waals surface area contributed by atoms with E-state index in [4.69, 9.17) is 0 Å². The molecule has 0 aliphatic carbocycles. The Balaban J connectivity index is 2.42. The fourth-order valence-corrected chi connectivity index (χ4v) is 3.01. The van der Waals surface area contributed by atoms with Gasteiger partial charge >= 0.3 is 5.97 Å². The Bertz CT molecular complexity index is 722. The maximum atomic E-state index is 12.6. The van der Waals surface area contributed by atoms with Crippen LogP contribution in [-0.2, 0) is 0 Å². The molecular formula is C15H16N2O3S. The standard InChI is InChI=1S/C15H16N2O3S/c1-8-5-6-11(9(2)7-8)13(18)17(4)14-12(15(19)20)10(3)16-21-14/h5-7H,1-4H3,(H,19,20). The molecule has 0 saturated heterocycles. The normalized spacial score (nSPS) is 10.5. The van der Waals surface area contributed by atoms with Crippen molar-refractivity contribution in [1.29, 1.82) is 0 Å². The van der Waals surface area contributed by atoms with Crippen molar-refractivity contribution in [3.63, 3.8) is 0 Å². The van der Waals surface area contributed by atoms with Crippen LogP contribution in [0.5, 0.6) is 0 Å². The molecule has 1 N–H and O–H groups in total. The molecule has 6 heteroatoms. The Morgan fingerprint density at radius 3 is 2.48 bits per heavy atom. The van der Waals surface area contributed by atoms with Crippen molar-refractivity contribution in [2.75, 3.05) is 11.9 Å². The fourth-order valence-electron chi connectivity index (χ4n) is 2.16. The van der Waals surface area contributed by atoms with E-state index in [-0.39, 0.29) is 11.5 Å². The topological polar surface area (TPSA) is 70.5 Å². The Hall–Kier alpha value is -2.21. The number of carbonyl (C=O) groups excluding carboxylic acids is 1. The third kappa shape index (κ3) is 2.80. The predicted octanol–water partition coefficient (Wildman–Crippen LogP) is 3.04. The molecule has 0 spiro atoms. The van der Waals surface area contributed by atoms with Gasteiger partial charge in [0.2, 0.25) is 0 Å². The highest BCUT2D eigenvalue weighted by molar-refractivity contribution is 7.11. The molecule has 0 aliphatic heterocycles. The summed E-state index contributed by atoms with van der Waals surface area (Å²) in [7, 11) is 1.57. The molecule has 2 aromatic rings. The zero-order valence-corrected chi connectivity index (χ0v) is 13.1. The number of rotatable bonds is 3. The zero-order valence-electron chi connectivity index (χ0n) is 12.3. The fraction of sp³-hybridized carbons (Fsp3) is 0.267. The summed E-state index contributed by atoms with van der Waals surface area (Å²) in [6.45, 7) is 5.45. The summed E-state index contributed by atoms with van der Waals surface area (Å²) in [6, 6.07) is 5.55. The zero-order chi connectivity index (χ0) is 15.7. The molecule has 0 aliphatic rings. The number of aryl methyl sites for hydroxylation is 3. The highest BCUT2D eigenvalue weighted by Gasteiger charge is 2.25. The van der Waals surface area contributed by atoms with E-state index in [1.54, 1.807) is 20.0 Å². The summed E-state index contributed by atoms with van der Waals surface area (Å²) in [5.74, 6) is -1.31. The number of hydrogen-bond acceptors (Lipinski definition) is 4. The summed E-state index contributed by atoms with van der Waals surface area (Å²) in [5.41, 5.74) is 3.01. The van der Waals surface area contributed by atoms with Crippen LogP contribution in [0.2, 0.25) is 0 Å². The van der Waals surface area contributed by atoms with Crippen LogP contribution in [0.1, 0.15) is 37.5 Å². The minimum atomic E-state index is -1.07. The van der Waals surface area contributed by atoms with Crippen LogP contribution in [-0.4, -0.2) is 28.4 Å². The van der Waals surface area contributed by atoms with Crippen LogP contribution in [0.25, 0.3) is 0 Å². The summed E-state index contributed by atoms with van der Waals surface area (Å²) in [5, 5.41) is 9.61. The Kier molecular flexibility index (Phi) is 4.09. The van der Waals surface area contributed by atoms with E-state index in [2.05, 4.69) is 4.37 Å². The van der Waals surface area contributed by atoms with Crippen molar-refractivity contribution >= 4 is 28.4 Å². The number of benzene rings is 1. The van der Waals surface area contributed by atoms with Gasteiger partial charge in [-0.1, -0.05) is 17.7 Å². The lowest BCUT2D eigenvalue weighted by Gasteiger charge is -2.17. The second-order valence-corrected chi connectivity index (χ2v) is 5.69. The average molecular weight is 304 g/mol. The number of carboxylic acids is 1. The van der Waals surface area contributed by atoms with Crippen LogP contribution in [0.3, 0.4) is 0 Å². The molecule has 0 saturated carbocycles. The highest BCUT2D eigenvalue weighted by Crippen LogP contribution is 2.29. The number of carboxylic acid groups (broad SMARTS) is 1. The third-order valence-electron chi connectivity index (χ3n) is 3.28. The first-order valence-corrected chi connectivity index (χ1v) is 7.15. The van der Waals surface area contributed by atoms with E-state index < -0.39 is 5.97 Å². The molecule has 1 heterocycles. The molecular weight excluding hydrogens is 288 g/mol. The first-order valence-electron chi connectivity index (χ1n) is 6.37. The van der Waals surface area contributed by atoms with Crippen molar-refractivity contribution in [2.24, 2.45) is 0 Å². The third-order valence-corrected chi connectivity index (χ3v) is 4.30. The van der Waals surface area contributed by atoms with Gasteiger partial charge in [-0.05, 0) is 43.9 Å². The minimum Gasteiger partial charge on any atom is -0.478 e. The van der Waals surface area contributed by atoms with Gasteiger partial charge in [-0.2, -0.15) is 4.37 Å². The van der Waals surface area contributed by atoms with Gasteiger partial charge in [0.05, 0.1) is 5.69 Å². The average Bonchev–Trinajstić information content (AvgIpc) is 2.79. The van der Waals surface area contributed by atoms with Gasteiger partial charge in [-0.3, -0.25) is 4.79 Å².